The van der Waals surface area contributed by atoms with Gasteiger partial charge < -0.3 is 10.6 Å². The summed E-state index contributed by atoms with van der Waals surface area (Å²) in [6, 6.07) is 0.413. The Kier molecular flexibility index (Phi) is 2.56. The zero-order valence-electron chi connectivity index (χ0n) is 10.8. The fourth-order valence-electron chi connectivity index (χ4n) is 5.22. The molecule has 92 valence electrons. The Morgan fingerprint density at radius 2 is 1.50 bits per heavy atom. The minimum Gasteiger partial charge on any atom is -0.326 e. The van der Waals surface area contributed by atoms with Gasteiger partial charge in [-0.25, -0.2) is 0 Å². The first-order valence-electron chi connectivity index (χ1n) is 6.98. The van der Waals surface area contributed by atoms with Gasteiger partial charge in [0.15, 0.2) is 0 Å². The van der Waals surface area contributed by atoms with Gasteiger partial charge in [-0.2, -0.15) is 0 Å². The van der Waals surface area contributed by atoms with Crippen LogP contribution in [0.3, 0.4) is 0 Å². The molecule has 2 heteroatoms. The maximum absolute atomic E-state index is 6.53. The third-order valence-electron chi connectivity index (χ3n) is 5.43. The second-order valence-electron chi connectivity index (χ2n) is 7.15. The Morgan fingerprint density at radius 1 is 1.06 bits per heavy atom. The molecule has 4 fully saturated rings. The second kappa shape index (κ2) is 3.71. The number of hydrogen-bond acceptors (Lipinski definition) is 2. The van der Waals surface area contributed by atoms with E-state index in [9.17, 15) is 0 Å². The standard InChI is InChI=1S/C14H26N2/c1-16(2)9-13(15)14-6-10-3-11(7-14)5-12(4-10)8-14/h10-13H,3-9,15H2,1-2H3. The van der Waals surface area contributed by atoms with Crippen LogP contribution >= 0.6 is 0 Å². The second-order valence-corrected chi connectivity index (χ2v) is 7.15. The maximum atomic E-state index is 6.53. The average Bonchev–Trinajstić information content (AvgIpc) is 2.13. The van der Waals surface area contributed by atoms with Crippen molar-refractivity contribution in [3.8, 4) is 0 Å². The van der Waals surface area contributed by atoms with E-state index in [0.29, 0.717) is 11.5 Å². The van der Waals surface area contributed by atoms with Crippen LogP contribution in [0.5, 0.6) is 0 Å². The van der Waals surface area contributed by atoms with E-state index in [0.717, 1.165) is 24.3 Å². The summed E-state index contributed by atoms with van der Waals surface area (Å²) < 4.78 is 0. The van der Waals surface area contributed by atoms with Crippen molar-refractivity contribution in [2.75, 3.05) is 20.6 Å². The molecule has 4 saturated carbocycles. The summed E-state index contributed by atoms with van der Waals surface area (Å²) in [5, 5.41) is 0. The molecule has 0 heterocycles. The molecule has 0 amide bonds. The van der Waals surface area contributed by atoms with Crippen LogP contribution in [0.1, 0.15) is 38.5 Å². The van der Waals surface area contributed by atoms with Gasteiger partial charge in [0.2, 0.25) is 0 Å². The molecule has 0 saturated heterocycles. The Balaban J connectivity index is 1.77. The molecular formula is C14H26N2. The number of hydrogen-bond donors (Lipinski definition) is 1. The van der Waals surface area contributed by atoms with E-state index in [-0.39, 0.29) is 0 Å². The first-order chi connectivity index (χ1) is 7.57. The lowest BCUT2D eigenvalue weighted by molar-refractivity contribution is -0.0698. The molecule has 0 aliphatic heterocycles. The van der Waals surface area contributed by atoms with Gasteiger partial charge in [0.1, 0.15) is 0 Å². The summed E-state index contributed by atoms with van der Waals surface area (Å²) in [5.41, 5.74) is 7.06. The summed E-state index contributed by atoms with van der Waals surface area (Å²) in [5.74, 6) is 3.08. The molecule has 0 radical (unpaired) electrons. The summed E-state index contributed by atoms with van der Waals surface area (Å²) in [6.07, 6.45) is 8.88. The largest absolute Gasteiger partial charge is 0.326 e. The fourth-order valence-corrected chi connectivity index (χ4v) is 5.22. The highest BCUT2D eigenvalue weighted by molar-refractivity contribution is 5.05. The van der Waals surface area contributed by atoms with Gasteiger partial charge in [0.05, 0.1) is 0 Å². The minimum atomic E-state index is 0.413. The number of nitrogens with zero attached hydrogens (tertiary/aromatic N) is 1. The molecule has 1 atom stereocenters. The quantitative estimate of drug-likeness (QED) is 0.792. The summed E-state index contributed by atoms with van der Waals surface area (Å²) in [7, 11) is 4.31. The summed E-state index contributed by atoms with van der Waals surface area (Å²) in [4.78, 5) is 2.27. The van der Waals surface area contributed by atoms with Crippen molar-refractivity contribution in [2.24, 2.45) is 28.9 Å². The van der Waals surface area contributed by atoms with Crippen molar-refractivity contribution >= 4 is 0 Å². The molecule has 16 heavy (non-hydrogen) atoms. The lowest BCUT2D eigenvalue weighted by Gasteiger charge is -2.59. The van der Waals surface area contributed by atoms with Gasteiger partial charge in [-0.3, -0.25) is 0 Å². The van der Waals surface area contributed by atoms with Crippen LogP contribution < -0.4 is 5.73 Å². The summed E-state index contributed by atoms with van der Waals surface area (Å²) in [6.45, 7) is 1.08. The number of rotatable bonds is 3. The smallest absolute Gasteiger partial charge is 0.0225 e. The van der Waals surface area contributed by atoms with Crippen molar-refractivity contribution in [2.45, 2.75) is 44.6 Å². The van der Waals surface area contributed by atoms with Gasteiger partial charge in [-0.05, 0) is 75.8 Å². The van der Waals surface area contributed by atoms with E-state index in [4.69, 9.17) is 5.73 Å². The molecular weight excluding hydrogens is 196 g/mol. The van der Waals surface area contributed by atoms with Crippen LogP contribution in [0.4, 0.5) is 0 Å². The molecule has 0 aromatic carbocycles. The molecule has 0 aromatic rings. The SMILES string of the molecule is CN(C)CC(N)C12CC3CC(CC(C3)C1)C2. The van der Waals surface area contributed by atoms with E-state index in [1.807, 2.05) is 0 Å². The number of nitrogens with two attached hydrogens (primary N) is 1. The molecule has 4 rings (SSSR count). The highest BCUT2D eigenvalue weighted by Crippen LogP contribution is 2.60. The predicted octanol–water partition coefficient (Wildman–Crippen LogP) is 2.09. The molecule has 0 spiro atoms. The van der Waals surface area contributed by atoms with E-state index in [1.54, 1.807) is 0 Å². The number of likely N-dealkylation sites (N-methyl/N-ethyl adjacent to an activating group) is 1. The molecule has 2 nitrogen and oxygen atoms in total. The van der Waals surface area contributed by atoms with Crippen molar-refractivity contribution < 1.29 is 0 Å². The van der Waals surface area contributed by atoms with Crippen LogP contribution in [0, 0.1) is 23.2 Å². The first-order valence-corrected chi connectivity index (χ1v) is 6.98. The Bertz CT molecular complexity index is 237. The van der Waals surface area contributed by atoms with E-state index >= 15 is 0 Å². The van der Waals surface area contributed by atoms with Crippen molar-refractivity contribution in [1.82, 2.24) is 4.90 Å². The van der Waals surface area contributed by atoms with E-state index < -0.39 is 0 Å². The minimum absolute atomic E-state index is 0.413. The van der Waals surface area contributed by atoms with Gasteiger partial charge in [-0.1, -0.05) is 0 Å². The highest BCUT2D eigenvalue weighted by atomic mass is 15.1. The molecule has 4 bridgehead atoms. The Hall–Kier alpha value is -0.0800. The zero-order valence-corrected chi connectivity index (χ0v) is 10.8. The van der Waals surface area contributed by atoms with E-state index in [2.05, 4.69) is 19.0 Å². The lowest BCUT2D eigenvalue weighted by atomic mass is 9.48. The maximum Gasteiger partial charge on any atom is 0.0225 e. The normalized spacial score (nSPS) is 47.6. The van der Waals surface area contributed by atoms with Crippen LogP contribution in [0.2, 0.25) is 0 Å². The van der Waals surface area contributed by atoms with Crippen molar-refractivity contribution in [3.63, 3.8) is 0 Å². The van der Waals surface area contributed by atoms with Crippen molar-refractivity contribution in [1.29, 1.82) is 0 Å². The van der Waals surface area contributed by atoms with Crippen molar-refractivity contribution in [3.05, 3.63) is 0 Å². The van der Waals surface area contributed by atoms with Crippen LogP contribution in [-0.4, -0.2) is 31.6 Å². The zero-order chi connectivity index (χ0) is 11.3. The van der Waals surface area contributed by atoms with Crippen LogP contribution in [-0.2, 0) is 0 Å². The summed E-state index contributed by atoms with van der Waals surface area (Å²) >= 11 is 0. The monoisotopic (exact) mass is 222 g/mol. The predicted molar refractivity (Wildman–Crippen MR) is 67.1 cm³/mol. The molecule has 0 aromatic heterocycles. The fraction of sp³-hybridized carbons (Fsp3) is 1.00. The molecule has 2 N–H and O–H groups in total. The van der Waals surface area contributed by atoms with Gasteiger partial charge in [0.25, 0.3) is 0 Å². The molecule has 4 aliphatic rings. The average molecular weight is 222 g/mol. The van der Waals surface area contributed by atoms with Gasteiger partial charge in [-0.15, -0.1) is 0 Å². The Labute approximate surface area is 99.6 Å². The molecule has 1 unspecified atom stereocenters. The lowest BCUT2D eigenvalue weighted by Crippen LogP contribution is -2.57. The Morgan fingerprint density at radius 3 is 1.88 bits per heavy atom. The topological polar surface area (TPSA) is 29.3 Å². The van der Waals surface area contributed by atoms with Crippen LogP contribution in [0.25, 0.3) is 0 Å². The third-order valence-corrected chi connectivity index (χ3v) is 5.43. The van der Waals surface area contributed by atoms with Crippen LogP contribution in [0.15, 0.2) is 0 Å². The van der Waals surface area contributed by atoms with E-state index in [1.165, 1.54) is 38.5 Å². The first kappa shape index (κ1) is 11.0. The van der Waals surface area contributed by atoms with Gasteiger partial charge in [0, 0.05) is 12.6 Å². The molecule has 4 aliphatic carbocycles. The van der Waals surface area contributed by atoms with Gasteiger partial charge >= 0.3 is 0 Å². The third kappa shape index (κ3) is 1.70. The highest BCUT2D eigenvalue weighted by Gasteiger charge is 2.53.